The van der Waals surface area contributed by atoms with Crippen LogP contribution in [0.2, 0.25) is 0 Å². The van der Waals surface area contributed by atoms with E-state index in [-0.39, 0.29) is 12.5 Å². The molecule has 1 aliphatic rings. The minimum atomic E-state index is -0.757. The Kier molecular flexibility index (Phi) is 5.43. The van der Waals surface area contributed by atoms with Crippen LogP contribution in [0.1, 0.15) is 37.3 Å². The van der Waals surface area contributed by atoms with Gasteiger partial charge in [-0.3, -0.25) is 9.69 Å². The summed E-state index contributed by atoms with van der Waals surface area (Å²) in [6, 6.07) is 5.76. The standard InChI is InChI=1S/C15H20BrNO3/c1-20-14-6-5-11(9-12(14)16)13(10-15(18)19)17-7-3-2-4-8-17/h5-6,9,13H,2-4,7-8,10H2,1H3,(H,18,19). The van der Waals surface area contributed by atoms with Gasteiger partial charge in [0, 0.05) is 6.04 Å². The van der Waals surface area contributed by atoms with E-state index < -0.39 is 5.97 Å². The smallest absolute Gasteiger partial charge is 0.305 e. The van der Waals surface area contributed by atoms with Crippen molar-refractivity contribution in [2.75, 3.05) is 20.2 Å². The van der Waals surface area contributed by atoms with Crippen molar-refractivity contribution in [3.05, 3.63) is 28.2 Å². The summed E-state index contributed by atoms with van der Waals surface area (Å²) in [7, 11) is 1.62. The Balaban J connectivity index is 2.25. The maximum atomic E-state index is 11.2. The van der Waals surface area contributed by atoms with Gasteiger partial charge in [-0.25, -0.2) is 0 Å². The topological polar surface area (TPSA) is 49.8 Å². The molecule has 5 heteroatoms. The molecule has 4 nitrogen and oxygen atoms in total. The van der Waals surface area contributed by atoms with Crippen LogP contribution in [-0.4, -0.2) is 36.2 Å². The Bertz CT molecular complexity index is 472. The van der Waals surface area contributed by atoms with E-state index in [4.69, 9.17) is 4.74 Å². The Morgan fingerprint density at radius 3 is 2.65 bits per heavy atom. The molecular weight excluding hydrogens is 322 g/mol. The number of carbonyl (C=O) groups is 1. The van der Waals surface area contributed by atoms with Gasteiger partial charge >= 0.3 is 5.97 Å². The third-order valence-corrected chi connectivity index (χ3v) is 4.38. The second-order valence-corrected chi connectivity index (χ2v) is 5.96. The van der Waals surface area contributed by atoms with Gasteiger partial charge in [-0.15, -0.1) is 0 Å². The minimum absolute atomic E-state index is 0.0602. The molecule has 0 bridgehead atoms. The molecule has 1 aromatic carbocycles. The van der Waals surface area contributed by atoms with Crippen molar-refractivity contribution in [1.82, 2.24) is 4.90 Å². The quantitative estimate of drug-likeness (QED) is 0.890. The molecule has 1 N–H and O–H groups in total. The highest BCUT2D eigenvalue weighted by molar-refractivity contribution is 9.10. The number of nitrogens with zero attached hydrogens (tertiary/aromatic N) is 1. The van der Waals surface area contributed by atoms with Crippen molar-refractivity contribution >= 4 is 21.9 Å². The molecule has 1 saturated heterocycles. The van der Waals surface area contributed by atoms with Gasteiger partial charge in [-0.05, 0) is 59.6 Å². The van der Waals surface area contributed by atoms with Crippen LogP contribution in [0.25, 0.3) is 0 Å². The molecule has 0 saturated carbocycles. The number of hydrogen-bond acceptors (Lipinski definition) is 3. The van der Waals surface area contributed by atoms with E-state index in [0.717, 1.165) is 41.7 Å². The Labute approximate surface area is 127 Å². The second kappa shape index (κ2) is 7.09. The molecule has 0 aliphatic carbocycles. The van der Waals surface area contributed by atoms with Gasteiger partial charge < -0.3 is 9.84 Å². The average molecular weight is 342 g/mol. The number of aliphatic carboxylic acids is 1. The summed E-state index contributed by atoms with van der Waals surface area (Å²) in [4.78, 5) is 13.5. The molecule has 20 heavy (non-hydrogen) atoms. The molecule has 1 atom stereocenters. The number of methoxy groups -OCH3 is 1. The summed E-state index contributed by atoms with van der Waals surface area (Å²) < 4.78 is 6.10. The van der Waals surface area contributed by atoms with E-state index in [1.165, 1.54) is 6.42 Å². The molecule has 2 rings (SSSR count). The number of rotatable bonds is 5. The highest BCUT2D eigenvalue weighted by Crippen LogP contribution is 2.33. The number of ether oxygens (including phenoxy) is 1. The van der Waals surface area contributed by atoms with Crippen molar-refractivity contribution in [3.8, 4) is 5.75 Å². The SMILES string of the molecule is COc1ccc(C(CC(=O)O)N2CCCCC2)cc1Br. The molecule has 0 amide bonds. The molecule has 110 valence electrons. The first-order valence-electron chi connectivity index (χ1n) is 6.91. The average Bonchev–Trinajstić information content (AvgIpc) is 2.45. The van der Waals surface area contributed by atoms with Crippen molar-refractivity contribution < 1.29 is 14.6 Å². The summed E-state index contributed by atoms with van der Waals surface area (Å²) in [5.41, 5.74) is 1.03. The van der Waals surface area contributed by atoms with Crippen LogP contribution in [0.15, 0.2) is 22.7 Å². The molecule has 1 unspecified atom stereocenters. The molecule has 1 heterocycles. The van der Waals surface area contributed by atoms with E-state index in [0.29, 0.717) is 0 Å². The van der Waals surface area contributed by atoms with E-state index >= 15 is 0 Å². The van der Waals surface area contributed by atoms with Gasteiger partial charge in [0.25, 0.3) is 0 Å². The van der Waals surface area contributed by atoms with E-state index in [2.05, 4.69) is 20.8 Å². The Morgan fingerprint density at radius 2 is 2.10 bits per heavy atom. The van der Waals surface area contributed by atoms with Crippen molar-refractivity contribution in [1.29, 1.82) is 0 Å². The van der Waals surface area contributed by atoms with Crippen molar-refractivity contribution in [2.24, 2.45) is 0 Å². The number of likely N-dealkylation sites (tertiary alicyclic amines) is 1. The van der Waals surface area contributed by atoms with Gasteiger partial charge in [0.2, 0.25) is 0 Å². The fraction of sp³-hybridized carbons (Fsp3) is 0.533. The first kappa shape index (κ1) is 15.3. The van der Waals surface area contributed by atoms with Crippen LogP contribution in [0, 0.1) is 0 Å². The number of carboxylic acids is 1. The van der Waals surface area contributed by atoms with Crippen LogP contribution in [0.3, 0.4) is 0 Å². The van der Waals surface area contributed by atoms with Crippen molar-refractivity contribution in [2.45, 2.75) is 31.7 Å². The summed E-state index contributed by atoms with van der Waals surface area (Å²) in [6.45, 7) is 1.95. The molecule has 1 aliphatic heterocycles. The van der Waals surface area contributed by atoms with E-state index in [1.54, 1.807) is 7.11 Å². The minimum Gasteiger partial charge on any atom is -0.496 e. The summed E-state index contributed by atoms with van der Waals surface area (Å²) >= 11 is 3.47. The van der Waals surface area contributed by atoms with Crippen LogP contribution >= 0.6 is 15.9 Å². The maximum absolute atomic E-state index is 11.2. The normalized spacial score (nSPS) is 17.7. The van der Waals surface area contributed by atoms with Gasteiger partial charge in [0.05, 0.1) is 18.0 Å². The van der Waals surface area contributed by atoms with Crippen LogP contribution in [-0.2, 0) is 4.79 Å². The monoisotopic (exact) mass is 341 g/mol. The highest BCUT2D eigenvalue weighted by Gasteiger charge is 2.25. The predicted octanol–water partition coefficient (Wildman–Crippen LogP) is 3.46. The number of carboxylic acid groups (broad SMARTS) is 1. The van der Waals surface area contributed by atoms with Gasteiger partial charge in [0.15, 0.2) is 0 Å². The highest BCUT2D eigenvalue weighted by atomic mass is 79.9. The number of hydrogen-bond donors (Lipinski definition) is 1. The van der Waals surface area contributed by atoms with E-state index in [9.17, 15) is 9.90 Å². The Hall–Kier alpha value is -1.07. The summed E-state index contributed by atoms with van der Waals surface area (Å²) in [6.07, 6.45) is 3.67. The lowest BCUT2D eigenvalue weighted by Crippen LogP contribution is -2.35. The van der Waals surface area contributed by atoms with Gasteiger partial charge in [-0.2, -0.15) is 0 Å². The van der Waals surface area contributed by atoms with Crippen LogP contribution in [0.4, 0.5) is 0 Å². The summed E-state index contributed by atoms with van der Waals surface area (Å²) in [5.74, 6) is 0.00832. The lowest BCUT2D eigenvalue weighted by atomic mass is 9.99. The first-order valence-corrected chi connectivity index (χ1v) is 7.70. The zero-order valence-corrected chi connectivity index (χ0v) is 13.2. The van der Waals surface area contributed by atoms with Gasteiger partial charge in [0.1, 0.15) is 5.75 Å². The zero-order valence-electron chi connectivity index (χ0n) is 11.6. The van der Waals surface area contributed by atoms with Crippen molar-refractivity contribution in [3.63, 3.8) is 0 Å². The molecule has 1 aromatic rings. The third-order valence-electron chi connectivity index (χ3n) is 3.76. The maximum Gasteiger partial charge on any atom is 0.305 e. The number of benzene rings is 1. The fourth-order valence-corrected chi connectivity index (χ4v) is 3.30. The summed E-state index contributed by atoms with van der Waals surface area (Å²) in [5, 5.41) is 9.18. The Morgan fingerprint density at radius 1 is 1.40 bits per heavy atom. The third kappa shape index (κ3) is 3.73. The first-order chi connectivity index (χ1) is 9.61. The lowest BCUT2D eigenvalue weighted by molar-refractivity contribution is -0.138. The fourth-order valence-electron chi connectivity index (χ4n) is 2.74. The largest absolute Gasteiger partial charge is 0.496 e. The van der Waals surface area contributed by atoms with Crippen LogP contribution in [0.5, 0.6) is 5.75 Å². The number of halogens is 1. The molecule has 1 fully saturated rings. The lowest BCUT2D eigenvalue weighted by Gasteiger charge is -2.34. The molecule has 0 spiro atoms. The zero-order chi connectivity index (χ0) is 14.5. The van der Waals surface area contributed by atoms with Crippen LogP contribution < -0.4 is 4.74 Å². The molecular formula is C15H20BrNO3. The van der Waals surface area contributed by atoms with E-state index in [1.807, 2.05) is 18.2 Å². The molecule has 0 aromatic heterocycles. The molecule has 0 radical (unpaired) electrons. The second-order valence-electron chi connectivity index (χ2n) is 5.10. The number of piperidine rings is 1. The predicted molar refractivity (Wildman–Crippen MR) is 81.1 cm³/mol. The van der Waals surface area contributed by atoms with Gasteiger partial charge in [-0.1, -0.05) is 12.5 Å².